The molecule has 0 unspecified atom stereocenters. The van der Waals surface area contributed by atoms with Crippen molar-refractivity contribution >= 4 is 51.5 Å². The van der Waals surface area contributed by atoms with Crippen LogP contribution in [-0.2, 0) is 6.54 Å². The number of alkyl halides is 3. The van der Waals surface area contributed by atoms with E-state index in [4.69, 9.17) is 34.8 Å². The predicted octanol–water partition coefficient (Wildman–Crippen LogP) is 4.55. The van der Waals surface area contributed by atoms with E-state index in [0.29, 0.717) is 25.2 Å². The summed E-state index contributed by atoms with van der Waals surface area (Å²) in [7, 11) is 0. The molecule has 2 aliphatic rings. The number of fused-ring (bicyclic) bond motifs is 5. The molecule has 0 spiro atoms. The minimum atomic E-state index is -1.72. The molecule has 1 N–H and O–H groups in total. The van der Waals surface area contributed by atoms with Gasteiger partial charge in [0, 0.05) is 42.9 Å². The van der Waals surface area contributed by atoms with Crippen LogP contribution in [0.15, 0.2) is 65.5 Å². The molecule has 1 amide bonds. The highest BCUT2D eigenvalue weighted by Gasteiger charge is 2.44. The monoisotopic (exact) mass is 489 g/mol. The van der Waals surface area contributed by atoms with Gasteiger partial charge in [-0.2, -0.15) is 0 Å². The second kappa shape index (κ2) is 8.38. The summed E-state index contributed by atoms with van der Waals surface area (Å²) < 4.78 is 0.136. The van der Waals surface area contributed by atoms with Crippen molar-refractivity contribution in [3.8, 4) is 0 Å². The summed E-state index contributed by atoms with van der Waals surface area (Å²) in [5.74, 6) is 0.0943. The molecule has 0 saturated carbocycles. The Labute approximate surface area is 200 Å². The molecule has 1 aromatic heterocycles. The van der Waals surface area contributed by atoms with Gasteiger partial charge in [0.25, 0.3) is 11.5 Å². The molecule has 1 fully saturated rings. The molecule has 3 aromatic rings. The number of rotatable bonds is 3. The molecule has 1 saturated heterocycles. The normalized spacial score (nSPS) is 21.7. The first-order chi connectivity index (χ1) is 15.3. The quantitative estimate of drug-likeness (QED) is 0.548. The maximum absolute atomic E-state index is 13.3. The number of halogens is 3. The molecule has 5 nitrogen and oxygen atoms in total. The van der Waals surface area contributed by atoms with Crippen LogP contribution >= 0.6 is 34.8 Å². The first-order valence-electron chi connectivity index (χ1n) is 10.6. The third-order valence-corrected chi connectivity index (χ3v) is 7.11. The largest absolute Gasteiger partial charge is 0.332 e. The summed E-state index contributed by atoms with van der Waals surface area (Å²) in [5.41, 5.74) is 1.56. The smallest absolute Gasteiger partial charge is 0.253 e. The number of piperidine rings is 1. The van der Waals surface area contributed by atoms with Gasteiger partial charge in [0.2, 0.25) is 3.79 Å². The average Bonchev–Trinajstić information content (AvgIpc) is 2.77. The summed E-state index contributed by atoms with van der Waals surface area (Å²) in [6.07, 6.45) is 0.176. The third kappa shape index (κ3) is 4.03. The Morgan fingerprint density at radius 3 is 2.53 bits per heavy atom. The lowest BCUT2D eigenvalue weighted by molar-refractivity contribution is 0.0587. The summed E-state index contributed by atoms with van der Waals surface area (Å²) in [4.78, 5) is 27.6. The minimum Gasteiger partial charge on any atom is -0.332 e. The van der Waals surface area contributed by atoms with Crippen LogP contribution in [0.5, 0.6) is 0 Å². The van der Waals surface area contributed by atoms with E-state index in [9.17, 15) is 9.59 Å². The van der Waals surface area contributed by atoms with E-state index in [1.807, 2.05) is 51.9 Å². The molecule has 166 valence electrons. The molecule has 32 heavy (non-hydrogen) atoms. The number of pyridine rings is 1. The zero-order chi connectivity index (χ0) is 22.5. The van der Waals surface area contributed by atoms with Crippen LogP contribution in [0.4, 0.5) is 0 Å². The molecule has 8 heteroatoms. The van der Waals surface area contributed by atoms with Gasteiger partial charge in [-0.3, -0.25) is 14.5 Å². The van der Waals surface area contributed by atoms with E-state index in [0.717, 1.165) is 22.9 Å². The standard InChI is InChI=1S/C24H22Cl3N3O2/c25-24(26,27)23(28-22(32)19-8-3-6-16-5-1-2-7-18(16)19)29-12-15-11-17(14-29)20-9-4-10-21(31)30(20)13-15/h1-10,15,17,23H,11-14H2,(H,28,32)/t15-,17-,23+/m1/s1. The predicted molar refractivity (Wildman–Crippen MR) is 129 cm³/mol. The fourth-order valence-corrected chi connectivity index (χ4v) is 5.73. The molecule has 2 bridgehead atoms. The van der Waals surface area contributed by atoms with Gasteiger partial charge in [0.05, 0.1) is 0 Å². The Bertz CT molecular complexity index is 1230. The summed E-state index contributed by atoms with van der Waals surface area (Å²) in [6.45, 7) is 1.85. The molecule has 2 aliphatic heterocycles. The fraction of sp³-hybridized carbons (Fsp3) is 0.333. The summed E-state index contributed by atoms with van der Waals surface area (Å²) in [6, 6.07) is 18.7. The summed E-state index contributed by atoms with van der Waals surface area (Å²) >= 11 is 19.2. The number of amides is 1. The molecular weight excluding hydrogens is 469 g/mol. The number of benzene rings is 2. The first kappa shape index (κ1) is 21.8. The van der Waals surface area contributed by atoms with E-state index in [1.54, 1.807) is 18.2 Å². The Kier molecular flexibility index (Phi) is 5.70. The number of likely N-dealkylation sites (tertiary alicyclic amines) is 1. The third-order valence-electron chi connectivity index (χ3n) is 6.49. The van der Waals surface area contributed by atoms with E-state index in [2.05, 4.69) is 5.32 Å². The number of nitrogens with zero attached hydrogens (tertiary/aromatic N) is 2. The minimum absolute atomic E-state index is 0.0211. The molecule has 3 heterocycles. The van der Waals surface area contributed by atoms with Gasteiger partial charge >= 0.3 is 0 Å². The maximum Gasteiger partial charge on any atom is 0.253 e. The lowest BCUT2D eigenvalue weighted by atomic mass is 9.83. The van der Waals surface area contributed by atoms with Crippen molar-refractivity contribution in [1.82, 2.24) is 14.8 Å². The lowest BCUT2D eigenvalue weighted by Gasteiger charge is -2.47. The van der Waals surface area contributed by atoms with Crippen molar-refractivity contribution in [3.63, 3.8) is 0 Å². The maximum atomic E-state index is 13.3. The van der Waals surface area contributed by atoms with Crippen LogP contribution in [-0.4, -0.2) is 38.4 Å². The average molecular weight is 491 g/mol. The van der Waals surface area contributed by atoms with Crippen LogP contribution in [0.25, 0.3) is 10.8 Å². The highest BCUT2D eigenvalue weighted by atomic mass is 35.6. The second-order valence-corrected chi connectivity index (χ2v) is 11.0. The highest BCUT2D eigenvalue weighted by molar-refractivity contribution is 6.68. The van der Waals surface area contributed by atoms with Crippen LogP contribution in [0.2, 0.25) is 0 Å². The molecule has 0 aliphatic carbocycles. The van der Waals surface area contributed by atoms with Crippen molar-refractivity contribution in [1.29, 1.82) is 0 Å². The Morgan fingerprint density at radius 1 is 0.969 bits per heavy atom. The van der Waals surface area contributed by atoms with Gasteiger partial charge in [-0.25, -0.2) is 0 Å². The summed E-state index contributed by atoms with van der Waals surface area (Å²) in [5, 5.41) is 4.80. The molecule has 3 atom stereocenters. The van der Waals surface area contributed by atoms with Gasteiger partial charge in [-0.05, 0) is 35.2 Å². The van der Waals surface area contributed by atoms with Gasteiger partial charge < -0.3 is 9.88 Å². The zero-order valence-corrected chi connectivity index (χ0v) is 19.4. The highest BCUT2D eigenvalue weighted by Crippen LogP contribution is 2.40. The van der Waals surface area contributed by atoms with Gasteiger partial charge in [0.15, 0.2) is 0 Å². The Balaban J connectivity index is 1.44. The molecule has 5 rings (SSSR count). The zero-order valence-electron chi connectivity index (χ0n) is 17.2. The SMILES string of the molecule is O=C(N[C@@H](N1C[C@H]2C[C@H](C1)c1cccc(=O)n1C2)C(Cl)(Cl)Cl)c1cccc2ccccc12. The number of hydrogen-bond donors (Lipinski definition) is 1. The second-order valence-electron chi connectivity index (χ2n) is 8.60. The van der Waals surface area contributed by atoms with Crippen LogP contribution < -0.4 is 10.9 Å². The van der Waals surface area contributed by atoms with Gasteiger partial charge in [0.1, 0.15) is 6.17 Å². The van der Waals surface area contributed by atoms with Crippen LogP contribution in [0.3, 0.4) is 0 Å². The van der Waals surface area contributed by atoms with E-state index in [-0.39, 0.29) is 23.3 Å². The molecule has 2 aromatic carbocycles. The molecular formula is C24H22Cl3N3O2. The Hall–Kier alpha value is -2.05. The van der Waals surface area contributed by atoms with Crippen LogP contribution in [0, 0.1) is 5.92 Å². The van der Waals surface area contributed by atoms with E-state index >= 15 is 0 Å². The first-order valence-corrected chi connectivity index (χ1v) is 11.7. The van der Waals surface area contributed by atoms with Crippen molar-refractivity contribution in [2.45, 2.75) is 28.8 Å². The lowest BCUT2D eigenvalue weighted by Crippen LogP contribution is -2.60. The van der Waals surface area contributed by atoms with E-state index < -0.39 is 9.96 Å². The molecule has 0 radical (unpaired) electrons. The number of nitrogens with one attached hydrogen (secondary N) is 1. The number of aromatic nitrogens is 1. The van der Waals surface area contributed by atoms with E-state index in [1.165, 1.54) is 0 Å². The Morgan fingerprint density at radius 2 is 1.72 bits per heavy atom. The number of carbonyl (C=O) groups is 1. The fourth-order valence-electron chi connectivity index (χ4n) is 5.15. The van der Waals surface area contributed by atoms with Crippen molar-refractivity contribution in [2.75, 3.05) is 13.1 Å². The van der Waals surface area contributed by atoms with Gasteiger partial charge in [-0.15, -0.1) is 0 Å². The van der Waals surface area contributed by atoms with Crippen molar-refractivity contribution in [3.05, 3.63) is 82.3 Å². The number of carbonyl (C=O) groups excluding carboxylic acids is 1. The van der Waals surface area contributed by atoms with Crippen LogP contribution in [0.1, 0.15) is 28.4 Å². The van der Waals surface area contributed by atoms with Crippen molar-refractivity contribution < 1.29 is 4.79 Å². The number of hydrogen-bond acceptors (Lipinski definition) is 3. The van der Waals surface area contributed by atoms with Gasteiger partial charge in [-0.1, -0.05) is 77.3 Å². The topological polar surface area (TPSA) is 54.3 Å². The van der Waals surface area contributed by atoms with Crippen molar-refractivity contribution in [2.24, 2.45) is 5.92 Å².